The summed E-state index contributed by atoms with van der Waals surface area (Å²) in [6, 6.07) is 0. The molecule has 0 radical (unpaired) electrons. The smallest absolute Gasteiger partial charge is 0.191 e. The number of rotatable bonds is 9. The van der Waals surface area contributed by atoms with Crippen LogP contribution in [0.5, 0.6) is 0 Å². The van der Waals surface area contributed by atoms with Crippen LogP contribution in [0, 0.1) is 0 Å². The van der Waals surface area contributed by atoms with Gasteiger partial charge >= 0.3 is 0 Å². The third-order valence-electron chi connectivity index (χ3n) is 3.40. The van der Waals surface area contributed by atoms with E-state index < -0.39 is 0 Å². The third-order valence-corrected chi connectivity index (χ3v) is 4.92. The van der Waals surface area contributed by atoms with Crippen LogP contribution >= 0.6 is 11.8 Å². The van der Waals surface area contributed by atoms with Crippen LogP contribution in [0.2, 0.25) is 0 Å². The van der Waals surface area contributed by atoms with Gasteiger partial charge in [-0.15, -0.1) is 0 Å². The van der Waals surface area contributed by atoms with Gasteiger partial charge in [0.15, 0.2) is 5.96 Å². The van der Waals surface area contributed by atoms with Gasteiger partial charge in [-0.25, -0.2) is 0 Å². The first-order valence-electron chi connectivity index (χ1n) is 7.94. The van der Waals surface area contributed by atoms with E-state index >= 15 is 0 Å². The maximum absolute atomic E-state index is 5.55. The Morgan fingerprint density at radius 3 is 2.80 bits per heavy atom. The number of ether oxygens (including phenoxy) is 1. The highest BCUT2D eigenvalue weighted by Gasteiger charge is 2.29. The van der Waals surface area contributed by atoms with Crippen molar-refractivity contribution in [2.24, 2.45) is 4.99 Å². The Labute approximate surface area is 128 Å². The van der Waals surface area contributed by atoms with Crippen LogP contribution in [0.15, 0.2) is 4.99 Å². The number of unbranched alkanes of at least 4 members (excludes halogenated alkanes) is 1. The first kappa shape index (κ1) is 17.6. The van der Waals surface area contributed by atoms with Crippen LogP contribution in [-0.2, 0) is 4.74 Å². The van der Waals surface area contributed by atoms with Gasteiger partial charge in [0.25, 0.3) is 0 Å². The summed E-state index contributed by atoms with van der Waals surface area (Å²) in [5, 5.41) is 6.64. The molecule has 4 nitrogen and oxygen atoms in total. The molecule has 20 heavy (non-hydrogen) atoms. The molecular weight excluding hydrogens is 270 g/mol. The second-order valence-electron chi connectivity index (χ2n) is 5.49. The summed E-state index contributed by atoms with van der Waals surface area (Å²) in [6.45, 7) is 10.8. The molecule has 0 saturated carbocycles. The van der Waals surface area contributed by atoms with Gasteiger partial charge in [0, 0.05) is 24.4 Å². The largest absolute Gasteiger partial charge is 0.380 e. The van der Waals surface area contributed by atoms with E-state index in [1.165, 1.54) is 25.0 Å². The molecule has 1 rings (SSSR count). The van der Waals surface area contributed by atoms with Gasteiger partial charge in [-0.2, -0.15) is 11.8 Å². The zero-order chi connectivity index (χ0) is 14.7. The molecule has 0 spiro atoms. The van der Waals surface area contributed by atoms with Crippen LogP contribution in [0.1, 0.15) is 46.5 Å². The molecule has 1 unspecified atom stereocenters. The lowest BCUT2D eigenvalue weighted by molar-refractivity contribution is 0.136. The summed E-state index contributed by atoms with van der Waals surface area (Å²) in [6.07, 6.45) is 4.93. The van der Waals surface area contributed by atoms with Gasteiger partial charge in [0.2, 0.25) is 0 Å². The molecule has 118 valence electrons. The van der Waals surface area contributed by atoms with Gasteiger partial charge in [-0.3, -0.25) is 4.99 Å². The molecule has 5 heteroatoms. The van der Waals surface area contributed by atoms with Crippen molar-refractivity contribution in [2.45, 2.75) is 51.2 Å². The first-order valence-corrected chi connectivity index (χ1v) is 8.92. The van der Waals surface area contributed by atoms with Crippen molar-refractivity contribution in [2.75, 3.05) is 38.6 Å². The molecule has 1 saturated heterocycles. The number of aliphatic imine (C=N–C) groups is 1. The summed E-state index contributed by atoms with van der Waals surface area (Å²) in [5.41, 5.74) is 0. The number of thioether (sulfide) groups is 1. The lowest BCUT2D eigenvalue weighted by Crippen LogP contribution is -2.40. The molecule has 2 N–H and O–H groups in total. The van der Waals surface area contributed by atoms with Crippen molar-refractivity contribution in [1.29, 1.82) is 0 Å². The normalized spacial score (nSPS) is 23.1. The van der Waals surface area contributed by atoms with E-state index in [0.717, 1.165) is 45.2 Å². The van der Waals surface area contributed by atoms with Gasteiger partial charge in [0.1, 0.15) is 0 Å². The van der Waals surface area contributed by atoms with E-state index in [9.17, 15) is 0 Å². The van der Waals surface area contributed by atoms with E-state index in [-0.39, 0.29) is 0 Å². The molecule has 0 bridgehead atoms. The third kappa shape index (κ3) is 7.39. The SMILES string of the molecule is CCCCOCCNC(=NCC1(C)CCCS1)NCC. The zero-order valence-electron chi connectivity index (χ0n) is 13.3. The first-order chi connectivity index (χ1) is 9.70. The molecule has 1 atom stereocenters. The van der Waals surface area contributed by atoms with Crippen molar-refractivity contribution >= 4 is 17.7 Å². The maximum Gasteiger partial charge on any atom is 0.191 e. The lowest BCUT2D eigenvalue weighted by atomic mass is 10.1. The highest BCUT2D eigenvalue weighted by atomic mass is 32.2. The molecule has 1 aliphatic rings. The molecule has 0 aromatic carbocycles. The zero-order valence-corrected chi connectivity index (χ0v) is 14.2. The van der Waals surface area contributed by atoms with Gasteiger partial charge in [0.05, 0.1) is 13.2 Å². The molecule has 1 fully saturated rings. The second kappa shape index (κ2) is 10.3. The Balaban J connectivity index is 2.24. The van der Waals surface area contributed by atoms with Crippen LogP contribution in [0.4, 0.5) is 0 Å². The van der Waals surface area contributed by atoms with Crippen LogP contribution in [-0.4, -0.2) is 49.3 Å². The molecule has 1 aliphatic heterocycles. The van der Waals surface area contributed by atoms with E-state index in [0.29, 0.717) is 4.75 Å². The Bertz CT molecular complexity index is 278. The average Bonchev–Trinajstić information content (AvgIpc) is 2.87. The molecule has 0 aliphatic carbocycles. The topological polar surface area (TPSA) is 45.6 Å². The molecule has 1 heterocycles. The summed E-state index contributed by atoms with van der Waals surface area (Å²) in [4.78, 5) is 4.72. The Morgan fingerprint density at radius 2 is 2.15 bits per heavy atom. The van der Waals surface area contributed by atoms with Gasteiger partial charge < -0.3 is 15.4 Å². The minimum Gasteiger partial charge on any atom is -0.380 e. The number of hydrogen-bond acceptors (Lipinski definition) is 3. The van der Waals surface area contributed by atoms with E-state index in [1.54, 1.807) is 0 Å². The van der Waals surface area contributed by atoms with Crippen molar-refractivity contribution in [3.05, 3.63) is 0 Å². The number of nitrogens with zero attached hydrogens (tertiary/aromatic N) is 1. The minimum atomic E-state index is 0.333. The fourth-order valence-electron chi connectivity index (χ4n) is 2.14. The minimum absolute atomic E-state index is 0.333. The van der Waals surface area contributed by atoms with Crippen LogP contribution in [0.3, 0.4) is 0 Å². The average molecular weight is 302 g/mol. The summed E-state index contributed by atoms with van der Waals surface area (Å²) >= 11 is 2.05. The quantitative estimate of drug-likeness (QED) is 0.390. The van der Waals surface area contributed by atoms with Gasteiger partial charge in [-0.05, 0) is 38.9 Å². The lowest BCUT2D eigenvalue weighted by Gasteiger charge is -2.21. The van der Waals surface area contributed by atoms with Crippen molar-refractivity contribution in [3.63, 3.8) is 0 Å². The van der Waals surface area contributed by atoms with E-state index in [1.807, 2.05) is 0 Å². The highest BCUT2D eigenvalue weighted by Crippen LogP contribution is 2.37. The number of hydrogen-bond donors (Lipinski definition) is 2. The molecule has 0 amide bonds. The Hall–Kier alpha value is -0.420. The Morgan fingerprint density at radius 1 is 1.30 bits per heavy atom. The maximum atomic E-state index is 5.55. The molecule has 0 aromatic heterocycles. The fourth-order valence-corrected chi connectivity index (χ4v) is 3.37. The monoisotopic (exact) mass is 301 g/mol. The molecular formula is C15H31N3OS. The highest BCUT2D eigenvalue weighted by molar-refractivity contribution is 8.00. The van der Waals surface area contributed by atoms with Gasteiger partial charge in [-0.1, -0.05) is 13.3 Å². The standard InChI is InChI=1S/C15H31N3OS/c1-4-6-10-19-11-9-17-14(16-5-2)18-13-15(3)8-7-12-20-15/h4-13H2,1-3H3,(H2,16,17,18). The predicted octanol–water partition coefficient (Wildman–Crippen LogP) is 2.64. The second-order valence-corrected chi connectivity index (χ2v) is 7.17. The van der Waals surface area contributed by atoms with Crippen molar-refractivity contribution in [3.8, 4) is 0 Å². The summed E-state index contributed by atoms with van der Waals surface area (Å²) in [5.74, 6) is 2.20. The Kier molecular flexibility index (Phi) is 9.10. The summed E-state index contributed by atoms with van der Waals surface area (Å²) < 4.78 is 5.88. The fraction of sp³-hybridized carbons (Fsp3) is 0.933. The van der Waals surface area contributed by atoms with Crippen LogP contribution in [0.25, 0.3) is 0 Å². The predicted molar refractivity (Wildman–Crippen MR) is 89.8 cm³/mol. The molecule has 0 aromatic rings. The van der Waals surface area contributed by atoms with Crippen molar-refractivity contribution < 1.29 is 4.74 Å². The number of nitrogens with one attached hydrogen (secondary N) is 2. The van der Waals surface area contributed by atoms with E-state index in [2.05, 4.69) is 43.2 Å². The van der Waals surface area contributed by atoms with Crippen molar-refractivity contribution in [1.82, 2.24) is 10.6 Å². The van der Waals surface area contributed by atoms with Crippen LogP contribution < -0.4 is 10.6 Å². The van der Waals surface area contributed by atoms with E-state index in [4.69, 9.17) is 9.73 Å². The number of guanidine groups is 1. The summed E-state index contributed by atoms with van der Waals surface area (Å²) in [7, 11) is 0.